The van der Waals surface area contributed by atoms with Crippen molar-refractivity contribution < 1.29 is 0 Å². The average molecular weight is 297 g/mol. The second-order valence-electron chi connectivity index (χ2n) is 7.14. The molecule has 0 aromatic rings. The normalized spacial score (nSPS) is 24.7. The minimum absolute atomic E-state index is 0.785. The van der Waals surface area contributed by atoms with Crippen LogP contribution in [0.3, 0.4) is 0 Å². The molecule has 2 nitrogen and oxygen atoms in total. The van der Waals surface area contributed by atoms with Crippen LogP contribution in [0.1, 0.15) is 73.6 Å². The summed E-state index contributed by atoms with van der Waals surface area (Å²) in [5, 5.41) is 0. The summed E-state index contributed by atoms with van der Waals surface area (Å²) in [6.45, 7) is 18.8. The molecule has 0 aromatic carbocycles. The smallest absolute Gasteiger partial charge is 0.0120 e. The minimum Gasteiger partial charge on any atom is -0.301 e. The van der Waals surface area contributed by atoms with Gasteiger partial charge in [0.05, 0.1) is 0 Å². The van der Waals surface area contributed by atoms with Crippen molar-refractivity contribution in [3.05, 3.63) is 0 Å². The Morgan fingerprint density at radius 3 is 1.81 bits per heavy atom. The maximum atomic E-state index is 2.80. The maximum absolute atomic E-state index is 2.80. The molecule has 2 heteroatoms. The summed E-state index contributed by atoms with van der Waals surface area (Å²) in [6.07, 6.45) is 6.96. The summed E-state index contributed by atoms with van der Waals surface area (Å²) < 4.78 is 0. The third kappa shape index (κ3) is 5.56. The zero-order valence-electron chi connectivity index (χ0n) is 15.6. The Hall–Kier alpha value is -0.0800. The van der Waals surface area contributed by atoms with Gasteiger partial charge in [-0.3, -0.25) is 0 Å². The lowest BCUT2D eigenvalue weighted by Crippen LogP contribution is -2.49. The number of hydrogen-bond donors (Lipinski definition) is 0. The standard InChI is InChI=1S/C17H34N2.C2H6/c1-5-15(4)18-12-8-17(9-13-18)19-10-6-16(7-11-19)14(2)3;1-2/h14-17H,5-13H2,1-4H3;1-2H3. The third-order valence-corrected chi connectivity index (χ3v) is 5.75. The van der Waals surface area contributed by atoms with E-state index in [0.29, 0.717) is 0 Å². The zero-order chi connectivity index (χ0) is 15.8. The van der Waals surface area contributed by atoms with Crippen molar-refractivity contribution in [2.45, 2.75) is 85.7 Å². The van der Waals surface area contributed by atoms with E-state index in [1.54, 1.807) is 0 Å². The molecule has 0 N–H and O–H groups in total. The number of rotatable bonds is 4. The van der Waals surface area contributed by atoms with Gasteiger partial charge in [-0.05, 0) is 77.0 Å². The second kappa shape index (κ2) is 9.84. The first-order valence-corrected chi connectivity index (χ1v) is 9.60. The summed E-state index contributed by atoms with van der Waals surface area (Å²) in [4.78, 5) is 5.49. The molecular weight excluding hydrogens is 256 g/mol. The van der Waals surface area contributed by atoms with Gasteiger partial charge < -0.3 is 9.80 Å². The molecule has 2 rings (SSSR count). The molecule has 0 aliphatic carbocycles. The molecule has 126 valence electrons. The topological polar surface area (TPSA) is 6.48 Å². The van der Waals surface area contributed by atoms with Crippen LogP contribution in [0.25, 0.3) is 0 Å². The molecule has 0 aromatic heterocycles. The average Bonchev–Trinajstić information content (AvgIpc) is 2.56. The maximum Gasteiger partial charge on any atom is 0.0120 e. The highest BCUT2D eigenvalue weighted by atomic mass is 15.2. The van der Waals surface area contributed by atoms with Gasteiger partial charge in [0.25, 0.3) is 0 Å². The lowest BCUT2D eigenvalue weighted by atomic mass is 9.85. The first-order chi connectivity index (χ1) is 10.1. The molecule has 1 unspecified atom stereocenters. The molecule has 0 radical (unpaired) electrons. The number of likely N-dealkylation sites (tertiary alicyclic amines) is 2. The van der Waals surface area contributed by atoms with Crippen LogP contribution in [-0.4, -0.2) is 48.1 Å². The predicted octanol–water partition coefficient (Wildman–Crippen LogP) is 4.64. The zero-order valence-corrected chi connectivity index (χ0v) is 15.6. The van der Waals surface area contributed by atoms with Crippen molar-refractivity contribution >= 4 is 0 Å². The molecule has 2 aliphatic rings. The molecule has 2 fully saturated rings. The lowest BCUT2D eigenvalue weighted by Gasteiger charge is -2.43. The Bertz CT molecular complexity index is 248. The van der Waals surface area contributed by atoms with Crippen LogP contribution in [0.4, 0.5) is 0 Å². The van der Waals surface area contributed by atoms with E-state index in [4.69, 9.17) is 0 Å². The Morgan fingerprint density at radius 1 is 0.857 bits per heavy atom. The van der Waals surface area contributed by atoms with Gasteiger partial charge in [0.15, 0.2) is 0 Å². The van der Waals surface area contributed by atoms with E-state index >= 15 is 0 Å². The second-order valence-corrected chi connectivity index (χ2v) is 7.14. The van der Waals surface area contributed by atoms with Crippen molar-refractivity contribution in [1.29, 1.82) is 0 Å². The van der Waals surface area contributed by atoms with E-state index < -0.39 is 0 Å². The minimum atomic E-state index is 0.785. The summed E-state index contributed by atoms with van der Waals surface area (Å²) in [5.74, 6) is 1.87. The van der Waals surface area contributed by atoms with Crippen molar-refractivity contribution in [3.8, 4) is 0 Å². The first-order valence-electron chi connectivity index (χ1n) is 9.60. The monoisotopic (exact) mass is 296 g/mol. The highest BCUT2D eigenvalue weighted by Crippen LogP contribution is 2.28. The molecule has 2 aliphatic heterocycles. The van der Waals surface area contributed by atoms with Crippen molar-refractivity contribution in [1.82, 2.24) is 9.80 Å². The number of nitrogens with zero attached hydrogens (tertiary/aromatic N) is 2. The highest BCUT2D eigenvalue weighted by Gasteiger charge is 2.29. The van der Waals surface area contributed by atoms with E-state index in [2.05, 4.69) is 37.5 Å². The lowest BCUT2D eigenvalue weighted by molar-refractivity contribution is 0.0571. The van der Waals surface area contributed by atoms with Gasteiger partial charge in [-0.2, -0.15) is 0 Å². The van der Waals surface area contributed by atoms with Crippen LogP contribution in [0.2, 0.25) is 0 Å². The molecular formula is C19H40N2. The van der Waals surface area contributed by atoms with Crippen LogP contribution in [0.15, 0.2) is 0 Å². The van der Waals surface area contributed by atoms with Gasteiger partial charge in [-0.1, -0.05) is 34.6 Å². The largest absolute Gasteiger partial charge is 0.301 e. The molecule has 1 atom stereocenters. The Kier molecular flexibility index (Phi) is 8.89. The summed E-state index contributed by atoms with van der Waals surface area (Å²) in [5.41, 5.74) is 0. The van der Waals surface area contributed by atoms with Crippen molar-refractivity contribution in [2.75, 3.05) is 26.2 Å². The molecule has 0 bridgehead atoms. The molecule has 0 amide bonds. The van der Waals surface area contributed by atoms with Gasteiger partial charge >= 0.3 is 0 Å². The Labute approximate surface area is 134 Å². The number of hydrogen-bond acceptors (Lipinski definition) is 2. The van der Waals surface area contributed by atoms with Gasteiger partial charge in [-0.25, -0.2) is 0 Å². The van der Waals surface area contributed by atoms with Crippen LogP contribution in [0, 0.1) is 11.8 Å². The van der Waals surface area contributed by atoms with Crippen molar-refractivity contribution in [2.24, 2.45) is 11.8 Å². The summed E-state index contributed by atoms with van der Waals surface area (Å²) in [6, 6.07) is 1.67. The van der Waals surface area contributed by atoms with E-state index in [0.717, 1.165) is 23.9 Å². The predicted molar refractivity (Wildman–Crippen MR) is 94.8 cm³/mol. The highest BCUT2D eigenvalue weighted by molar-refractivity contribution is 4.85. The van der Waals surface area contributed by atoms with Gasteiger partial charge in [-0.15, -0.1) is 0 Å². The molecule has 21 heavy (non-hydrogen) atoms. The van der Waals surface area contributed by atoms with Crippen LogP contribution >= 0.6 is 0 Å². The van der Waals surface area contributed by atoms with E-state index in [9.17, 15) is 0 Å². The fraction of sp³-hybridized carbons (Fsp3) is 1.00. The summed E-state index contributed by atoms with van der Waals surface area (Å²) >= 11 is 0. The van der Waals surface area contributed by atoms with Gasteiger partial charge in [0.2, 0.25) is 0 Å². The third-order valence-electron chi connectivity index (χ3n) is 5.75. The van der Waals surface area contributed by atoms with E-state index in [1.807, 2.05) is 13.8 Å². The van der Waals surface area contributed by atoms with Gasteiger partial charge in [0.1, 0.15) is 0 Å². The fourth-order valence-electron chi connectivity index (χ4n) is 3.90. The van der Waals surface area contributed by atoms with Gasteiger partial charge in [0, 0.05) is 12.1 Å². The Balaban J connectivity index is 0.00000106. The summed E-state index contributed by atoms with van der Waals surface area (Å²) in [7, 11) is 0. The van der Waals surface area contributed by atoms with E-state index in [1.165, 1.54) is 58.3 Å². The molecule has 0 spiro atoms. The molecule has 2 saturated heterocycles. The van der Waals surface area contributed by atoms with Crippen LogP contribution < -0.4 is 0 Å². The van der Waals surface area contributed by atoms with E-state index in [-0.39, 0.29) is 0 Å². The quantitative estimate of drug-likeness (QED) is 0.745. The fourth-order valence-corrected chi connectivity index (χ4v) is 3.90. The Morgan fingerprint density at radius 2 is 1.38 bits per heavy atom. The van der Waals surface area contributed by atoms with Crippen LogP contribution in [0.5, 0.6) is 0 Å². The SMILES string of the molecule is CC.CCC(C)N1CCC(N2CCC(C(C)C)CC2)CC1. The molecule has 0 saturated carbocycles. The number of piperidine rings is 2. The van der Waals surface area contributed by atoms with Crippen molar-refractivity contribution in [3.63, 3.8) is 0 Å². The van der Waals surface area contributed by atoms with Crippen LogP contribution in [-0.2, 0) is 0 Å². The molecule has 2 heterocycles. The first kappa shape index (κ1) is 19.0.